The van der Waals surface area contributed by atoms with Gasteiger partial charge in [0.2, 0.25) is 6.79 Å². The van der Waals surface area contributed by atoms with Gasteiger partial charge in [-0.25, -0.2) is 0 Å². The van der Waals surface area contributed by atoms with E-state index in [2.05, 4.69) is 41.6 Å². The van der Waals surface area contributed by atoms with Crippen molar-refractivity contribution in [2.24, 2.45) is 4.99 Å². The highest BCUT2D eigenvalue weighted by molar-refractivity contribution is 5.80. The quantitative estimate of drug-likeness (QED) is 0.633. The monoisotopic (exact) mass is 347 g/mol. The van der Waals surface area contributed by atoms with Gasteiger partial charge in [0, 0.05) is 38.3 Å². The molecule has 1 atom stereocenters. The van der Waals surface area contributed by atoms with E-state index in [0.717, 1.165) is 56.5 Å². The number of benzene rings is 1. The van der Waals surface area contributed by atoms with Crippen molar-refractivity contribution < 1.29 is 14.2 Å². The Bertz CT molecular complexity index is 612. The van der Waals surface area contributed by atoms with Crippen molar-refractivity contribution in [2.75, 3.05) is 33.6 Å². The van der Waals surface area contributed by atoms with Gasteiger partial charge in [-0.2, -0.15) is 0 Å². The number of nitrogens with zero attached hydrogens (tertiary/aromatic N) is 1. The molecule has 1 aromatic carbocycles. The summed E-state index contributed by atoms with van der Waals surface area (Å²) >= 11 is 0. The predicted molar refractivity (Wildman–Crippen MR) is 98.5 cm³/mol. The van der Waals surface area contributed by atoms with Crippen LogP contribution in [0.5, 0.6) is 11.5 Å². The van der Waals surface area contributed by atoms with Crippen LogP contribution >= 0.6 is 0 Å². The lowest BCUT2D eigenvalue weighted by atomic mass is 9.74. The van der Waals surface area contributed by atoms with Crippen LogP contribution in [0.15, 0.2) is 23.2 Å². The molecule has 0 bridgehead atoms. The molecule has 6 heteroatoms. The van der Waals surface area contributed by atoms with E-state index in [1.54, 1.807) is 0 Å². The summed E-state index contributed by atoms with van der Waals surface area (Å²) in [6, 6.07) is 6.69. The molecule has 2 aliphatic heterocycles. The Morgan fingerprint density at radius 2 is 2.00 bits per heavy atom. The number of fused-ring (bicyclic) bond motifs is 1. The third-order valence-corrected chi connectivity index (χ3v) is 5.25. The van der Waals surface area contributed by atoms with Gasteiger partial charge in [-0.15, -0.1) is 0 Å². The lowest BCUT2D eigenvalue weighted by molar-refractivity contribution is 0.0513. The first-order chi connectivity index (χ1) is 12.2. The number of hydrogen-bond donors (Lipinski definition) is 2. The minimum Gasteiger partial charge on any atom is -0.454 e. The molecular formula is C19H29N3O3. The number of aliphatic imine (C=N–C) groups is 1. The lowest BCUT2D eigenvalue weighted by Crippen LogP contribution is -2.49. The van der Waals surface area contributed by atoms with Gasteiger partial charge in [-0.1, -0.05) is 13.0 Å². The fourth-order valence-corrected chi connectivity index (χ4v) is 3.34. The van der Waals surface area contributed by atoms with E-state index >= 15 is 0 Å². The number of guanidine groups is 1. The van der Waals surface area contributed by atoms with Crippen LogP contribution in [0, 0.1) is 0 Å². The second kappa shape index (κ2) is 7.95. The third kappa shape index (κ3) is 4.00. The van der Waals surface area contributed by atoms with Crippen molar-refractivity contribution in [3.63, 3.8) is 0 Å². The van der Waals surface area contributed by atoms with Crippen LogP contribution < -0.4 is 20.1 Å². The van der Waals surface area contributed by atoms with Crippen molar-refractivity contribution >= 4 is 5.96 Å². The summed E-state index contributed by atoms with van der Waals surface area (Å²) in [6.07, 6.45) is 3.00. The molecule has 1 saturated heterocycles. The maximum Gasteiger partial charge on any atom is 0.231 e. The van der Waals surface area contributed by atoms with Crippen molar-refractivity contribution in [1.29, 1.82) is 0 Å². The zero-order chi connectivity index (χ0) is 17.7. The number of ether oxygens (including phenoxy) is 3. The van der Waals surface area contributed by atoms with Crippen molar-refractivity contribution in [3.8, 4) is 11.5 Å². The molecule has 0 saturated carbocycles. The number of rotatable bonds is 5. The van der Waals surface area contributed by atoms with Crippen molar-refractivity contribution in [1.82, 2.24) is 10.6 Å². The van der Waals surface area contributed by atoms with Crippen LogP contribution in [0.2, 0.25) is 0 Å². The highest BCUT2D eigenvalue weighted by Crippen LogP contribution is 2.40. The van der Waals surface area contributed by atoms with E-state index in [1.807, 2.05) is 13.1 Å². The zero-order valence-electron chi connectivity index (χ0n) is 15.4. The Morgan fingerprint density at radius 3 is 2.72 bits per heavy atom. The van der Waals surface area contributed by atoms with E-state index in [4.69, 9.17) is 14.2 Å². The molecule has 1 unspecified atom stereocenters. The van der Waals surface area contributed by atoms with Crippen molar-refractivity contribution in [2.45, 2.75) is 44.6 Å². The topological polar surface area (TPSA) is 64.1 Å². The van der Waals surface area contributed by atoms with Gasteiger partial charge in [-0.05, 0) is 43.9 Å². The predicted octanol–water partition coefficient (Wildman–Crippen LogP) is 2.43. The Morgan fingerprint density at radius 1 is 1.24 bits per heavy atom. The van der Waals surface area contributed by atoms with Gasteiger partial charge in [0.1, 0.15) is 0 Å². The SMILES string of the molecule is CCC(C)NC(=NC)NCC1(c2ccc3c(c2)OCO3)CCOCC1. The van der Waals surface area contributed by atoms with Crippen LogP contribution in [0.1, 0.15) is 38.7 Å². The normalized spacial score (nSPS) is 20.2. The molecule has 1 fully saturated rings. The molecule has 0 radical (unpaired) electrons. The first-order valence-corrected chi connectivity index (χ1v) is 9.12. The summed E-state index contributed by atoms with van der Waals surface area (Å²) in [5, 5.41) is 6.95. The molecule has 2 N–H and O–H groups in total. The summed E-state index contributed by atoms with van der Waals surface area (Å²) in [4.78, 5) is 4.36. The molecule has 6 nitrogen and oxygen atoms in total. The Labute approximate surface area is 149 Å². The van der Waals surface area contributed by atoms with Crippen LogP contribution in [-0.4, -0.2) is 45.6 Å². The molecular weight excluding hydrogens is 318 g/mol. The summed E-state index contributed by atoms with van der Waals surface area (Å²) in [5.41, 5.74) is 1.28. The number of nitrogens with one attached hydrogen (secondary N) is 2. The molecule has 3 rings (SSSR count). The van der Waals surface area contributed by atoms with Crippen LogP contribution in [0.3, 0.4) is 0 Å². The maximum atomic E-state index is 5.62. The average molecular weight is 347 g/mol. The Balaban J connectivity index is 1.77. The first-order valence-electron chi connectivity index (χ1n) is 9.12. The average Bonchev–Trinajstić information content (AvgIpc) is 3.13. The largest absolute Gasteiger partial charge is 0.454 e. The highest BCUT2D eigenvalue weighted by Gasteiger charge is 2.35. The fraction of sp³-hybridized carbons (Fsp3) is 0.632. The minimum atomic E-state index is 0.00625. The fourth-order valence-electron chi connectivity index (χ4n) is 3.34. The third-order valence-electron chi connectivity index (χ3n) is 5.25. The molecule has 0 aromatic heterocycles. The van der Waals surface area contributed by atoms with E-state index in [9.17, 15) is 0 Å². The zero-order valence-corrected chi connectivity index (χ0v) is 15.4. The van der Waals surface area contributed by atoms with Crippen LogP contribution in [0.4, 0.5) is 0 Å². The second-order valence-corrected chi connectivity index (χ2v) is 6.84. The van der Waals surface area contributed by atoms with E-state index in [-0.39, 0.29) is 5.41 Å². The molecule has 2 aliphatic rings. The standard InChI is InChI=1S/C19H29N3O3/c1-4-14(2)22-18(20-3)21-12-19(7-9-23-10-8-19)15-5-6-16-17(11-15)25-13-24-16/h5-6,11,14H,4,7-10,12-13H2,1-3H3,(H2,20,21,22). The maximum absolute atomic E-state index is 5.62. The van der Waals surface area contributed by atoms with Gasteiger partial charge in [0.05, 0.1) is 0 Å². The Hall–Kier alpha value is -1.95. The number of hydrogen-bond acceptors (Lipinski definition) is 4. The molecule has 1 aromatic rings. The molecule has 0 aliphatic carbocycles. The van der Waals surface area contributed by atoms with E-state index < -0.39 is 0 Å². The molecule has 25 heavy (non-hydrogen) atoms. The van der Waals surface area contributed by atoms with Crippen LogP contribution in [-0.2, 0) is 10.2 Å². The van der Waals surface area contributed by atoms with Gasteiger partial charge in [0.15, 0.2) is 17.5 Å². The second-order valence-electron chi connectivity index (χ2n) is 6.84. The Kier molecular flexibility index (Phi) is 5.68. The summed E-state index contributed by atoms with van der Waals surface area (Å²) in [5.74, 6) is 2.51. The first kappa shape index (κ1) is 17.9. The summed E-state index contributed by atoms with van der Waals surface area (Å²) in [6.45, 7) is 6.98. The lowest BCUT2D eigenvalue weighted by Gasteiger charge is -2.38. The van der Waals surface area contributed by atoms with Gasteiger partial charge in [0.25, 0.3) is 0 Å². The van der Waals surface area contributed by atoms with Gasteiger partial charge < -0.3 is 24.8 Å². The van der Waals surface area contributed by atoms with Crippen LogP contribution in [0.25, 0.3) is 0 Å². The molecule has 0 spiro atoms. The minimum absolute atomic E-state index is 0.00625. The van der Waals surface area contributed by atoms with E-state index in [0.29, 0.717) is 12.8 Å². The van der Waals surface area contributed by atoms with Gasteiger partial charge >= 0.3 is 0 Å². The molecule has 138 valence electrons. The van der Waals surface area contributed by atoms with E-state index in [1.165, 1.54) is 5.56 Å². The summed E-state index contributed by atoms with van der Waals surface area (Å²) < 4.78 is 16.7. The molecule has 0 amide bonds. The molecule has 2 heterocycles. The smallest absolute Gasteiger partial charge is 0.231 e. The summed E-state index contributed by atoms with van der Waals surface area (Å²) in [7, 11) is 1.81. The highest BCUT2D eigenvalue weighted by atomic mass is 16.7. The van der Waals surface area contributed by atoms with Crippen molar-refractivity contribution in [3.05, 3.63) is 23.8 Å². The van der Waals surface area contributed by atoms with Gasteiger partial charge in [-0.3, -0.25) is 4.99 Å².